The summed E-state index contributed by atoms with van der Waals surface area (Å²) in [6, 6.07) is 3.66. The molecule has 1 heterocycles. The molecule has 122 valence electrons. The van der Waals surface area contributed by atoms with Crippen LogP contribution in [0, 0.1) is 0 Å². The van der Waals surface area contributed by atoms with Crippen LogP contribution in [0.2, 0.25) is 0 Å². The predicted octanol–water partition coefficient (Wildman–Crippen LogP) is 3.45. The third kappa shape index (κ3) is 5.70. The number of rotatable bonds is 11. The van der Waals surface area contributed by atoms with E-state index in [-0.39, 0.29) is 0 Å². The highest BCUT2D eigenvalue weighted by Gasteiger charge is 2.25. The second-order valence-corrected chi connectivity index (χ2v) is 8.45. The van der Waals surface area contributed by atoms with Gasteiger partial charge in [-0.15, -0.1) is 11.3 Å². The van der Waals surface area contributed by atoms with Gasteiger partial charge in [0.05, 0.1) is 0 Å². The lowest BCUT2D eigenvalue weighted by Gasteiger charge is -2.20. The van der Waals surface area contributed by atoms with E-state index in [1.165, 1.54) is 11.3 Å². The van der Waals surface area contributed by atoms with Crippen LogP contribution in [0.15, 0.2) is 16.3 Å². The van der Waals surface area contributed by atoms with Gasteiger partial charge in [-0.2, -0.15) is 4.31 Å². The first kappa shape index (κ1) is 18.6. The van der Waals surface area contributed by atoms with Crippen LogP contribution in [0.3, 0.4) is 0 Å². The second kappa shape index (κ2) is 9.56. The molecule has 4 nitrogen and oxygen atoms in total. The maximum Gasteiger partial charge on any atom is 0.252 e. The summed E-state index contributed by atoms with van der Waals surface area (Å²) in [5, 5.41) is 3.23. The van der Waals surface area contributed by atoms with E-state index in [0.29, 0.717) is 17.3 Å². The van der Waals surface area contributed by atoms with E-state index in [4.69, 9.17) is 0 Å². The van der Waals surface area contributed by atoms with Crippen LogP contribution < -0.4 is 5.32 Å². The number of nitrogens with zero attached hydrogens (tertiary/aromatic N) is 1. The summed E-state index contributed by atoms with van der Waals surface area (Å²) in [5.41, 5.74) is 0. The smallest absolute Gasteiger partial charge is 0.252 e. The Balaban J connectivity index is 2.85. The summed E-state index contributed by atoms with van der Waals surface area (Å²) in [6.45, 7) is 9.09. The van der Waals surface area contributed by atoms with Gasteiger partial charge in [0.2, 0.25) is 0 Å². The van der Waals surface area contributed by atoms with Gasteiger partial charge >= 0.3 is 0 Å². The molecule has 0 aliphatic rings. The van der Waals surface area contributed by atoms with Crippen LogP contribution in [0.25, 0.3) is 0 Å². The Hall–Kier alpha value is -0.430. The molecule has 0 unspecified atom stereocenters. The van der Waals surface area contributed by atoms with E-state index in [1.54, 1.807) is 10.4 Å². The van der Waals surface area contributed by atoms with Gasteiger partial charge < -0.3 is 5.32 Å². The average molecular weight is 333 g/mol. The average Bonchev–Trinajstić information content (AvgIpc) is 2.94. The molecule has 0 fully saturated rings. The van der Waals surface area contributed by atoms with Crippen molar-refractivity contribution in [1.82, 2.24) is 9.62 Å². The molecule has 0 amide bonds. The normalized spacial score (nSPS) is 12.2. The van der Waals surface area contributed by atoms with Crippen molar-refractivity contribution in [2.24, 2.45) is 0 Å². The zero-order valence-corrected chi connectivity index (χ0v) is 15.0. The van der Waals surface area contributed by atoms with Crippen molar-refractivity contribution in [3.8, 4) is 0 Å². The van der Waals surface area contributed by atoms with E-state index in [2.05, 4.69) is 19.2 Å². The summed E-state index contributed by atoms with van der Waals surface area (Å²) in [6.07, 6.45) is 3.85. The number of hydrogen-bond acceptors (Lipinski definition) is 4. The summed E-state index contributed by atoms with van der Waals surface area (Å²) in [7, 11) is -3.33. The largest absolute Gasteiger partial charge is 0.312 e. The molecule has 1 aromatic rings. The third-order valence-corrected chi connectivity index (χ3v) is 6.75. The SMILES string of the molecule is CCCCN(CCCC)S(=O)(=O)c1ccc(CNCC)s1. The Bertz CT molecular complexity index is 490. The van der Waals surface area contributed by atoms with Crippen LogP contribution in [0.4, 0.5) is 0 Å². The molecule has 0 bridgehead atoms. The van der Waals surface area contributed by atoms with Crippen molar-refractivity contribution in [2.45, 2.75) is 57.2 Å². The highest BCUT2D eigenvalue weighted by molar-refractivity contribution is 7.91. The Labute approximate surface area is 133 Å². The number of thiophene rings is 1. The van der Waals surface area contributed by atoms with Gasteiger partial charge in [0.1, 0.15) is 4.21 Å². The van der Waals surface area contributed by atoms with Crippen LogP contribution in [-0.4, -0.2) is 32.4 Å². The zero-order chi connectivity index (χ0) is 15.7. The molecule has 1 N–H and O–H groups in total. The van der Waals surface area contributed by atoms with Gasteiger partial charge in [-0.25, -0.2) is 8.42 Å². The predicted molar refractivity (Wildman–Crippen MR) is 90.3 cm³/mol. The highest BCUT2D eigenvalue weighted by atomic mass is 32.2. The highest BCUT2D eigenvalue weighted by Crippen LogP contribution is 2.25. The summed E-state index contributed by atoms with van der Waals surface area (Å²) < 4.78 is 27.6. The van der Waals surface area contributed by atoms with Gasteiger partial charge in [0.15, 0.2) is 0 Å². The molecule has 0 saturated heterocycles. The van der Waals surface area contributed by atoms with Crippen molar-refractivity contribution in [1.29, 1.82) is 0 Å². The Kier molecular flexibility index (Phi) is 8.48. The molecule has 6 heteroatoms. The summed E-state index contributed by atoms with van der Waals surface area (Å²) in [4.78, 5) is 1.07. The second-order valence-electron chi connectivity index (χ2n) is 5.11. The minimum atomic E-state index is -3.33. The monoisotopic (exact) mass is 332 g/mol. The minimum Gasteiger partial charge on any atom is -0.312 e. The quantitative estimate of drug-likeness (QED) is 0.675. The Morgan fingerprint density at radius 2 is 1.71 bits per heavy atom. The van der Waals surface area contributed by atoms with Crippen LogP contribution in [0.1, 0.15) is 51.3 Å². The lowest BCUT2D eigenvalue weighted by Crippen LogP contribution is -2.32. The number of unbranched alkanes of at least 4 members (excludes halogenated alkanes) is 2. The molecule has 0 aliphatic heterocycles. The van der Waals surface area contributed by atoms with Crippen molar-refractivity contribution >= 4 is 21.4 Å². The fourth-order valence-electron chi connectivity index (χ4n) is 1.99. The molecule has 0 radical (unpaired) electrons. The van der Waals surface area contributed by atoms with E-state index in [9.17, 15) is 8.42 Å². The van der Waals surface area contributed by atoms with E-state index >= 15 is 0 Å². The first-order chi connectivity index (χ1) is 10.1. The lowest BCUT2D eigenvalue weighted by atomic mass is 10.3. The van der Waals surface area contributed by atoms with Crippen molar-refractivity contribution in [2.75, 3.05) is 19.6 Å². The molecular formula is C15H28N2O2S2. The molecule has 0 aliphatic carbocycles. The van der Waals surface area contributed by atoms with Gasteiger partial charge in [0, 0.05) is 24.5 Å². The minimum absolute atomic E-state index is 0.475. The Morgan fingerprint density at radius 1 is 1.10 bits per heavy atom. The summed E-state index contributed by atoms with van der Waals surface area (Å²) in [5.74, 6) is 0. The van der Waals surface area contributed by atoms with Crippen molar-refractivity contribution in [3.05, 3.63) is 17.0 Å². The van der Waals surface area contributed by atoms with Crippen molar-refractivity contribution in [3.63, 3.8) is 0 Å². The molecule has 1 rings (SSSR count). The van der Waals surface area contributed by atoms with E-state index in [1.807, 2.05) is 13.0 Å². The van der Waals surface area contributed by atoms with Gasteiger partial charge in [-0.1, -0.05) is 33.6 Å². The molecule has 0 atom stereocenters. The number of nitrogens with one attached hydrogen (secondary N) is 1. The molecular weight excluding hydrogens is 304 g/mol. The zero-order valence-electron chi connectivity index (χ0n) is 13.4. The number of sulfonamides is 1. The third-order valence-electron chi connectivity index (χ3n) is 3.30. The number of hydrogen-bond donors (Lipinski definition) is 1. The first-order valence-corrected chi connectivity index (χ1v) is 10.1. The Morgan fingerprint density at radius 3 is 2.24 bits per heavy atom. The van der Waals surface area contributed by atoms with Gasteiger partial charge in [0.25, 0.3) is 10.0 Å². The van der Waals surface area contributed by atoms with E-state index in [0.717, 1.165) is 43.6 Å². The molecule has 0 aromatic carbocycles. The van der Waals surface area contributed by atoms with Crippen LogP contribution in [-0.2, 0) is 16.6 Å². The van der Waals surface area contributed by atoms with Crippen molar-refractivity contribution < 1.29 is 8.42 Å². The fraction of sp³-hybridized carbons (Fsp3) is 0.733. The van der Waals surface area contributed by atoms with Crippen LogP contribution >= 0.6 is 11.3 Å². The summed E-state index contributed by atoms with van der Waals surface area (Å²) >= 11 is 1.38. The fourth-order valence-corrected chi connectivity index (χ4v) is 4.99. The van der Waals surface area contributed by atoms with Gasteiger partial charge in [-0.3, -0.25) is 0 Å². The standard InChI is InChI=1S/C15H28N2O2S2/c1-4-7-11-17(12-8-5-2)21(18,19)15-10-9-14(20-15)13-16-6-3/h9-10,16H,4-8,11-13H2,1-3H3. The maximum atomic E-state index is 12.7. The topological polar surface area (TPSA) is 49.4 Å². The lowest BCUT2D eigenvalue weighted by molar-refractivity contribution is 0.396. The molecule has 1 aromatic heterocycles. The first-order valence-electron chi connectivity index (χ1n) is 7.85. The van der Waals surface area contributed by atoms with Gasteiger partial charge in [-0.05, 0) is 31.5 Å². The van der Waals surface area contributed by atoms with E-state index < -0.39 is 10.0 Å². The molecule has 0 saturated carbocycles. The van der Waals surface area contributed by atoms with Crippen LogP contribution in [0.5, 0.6) is 0 Å². The maximum absolute atomic E-state index is 12.7. The molecule has 21 heavy (non-hydrogen) atoms. The molecule has 0 spiro atoms.